The van der Waals surface area contributed by atoms with E-state index in [0.29, 0.717) is 49.4 Å². The van der Waals surface area contributed by atoms with Gasteiger partial charge in [-0.25, -0.2) is 8.78 Å². The molecule has 4 aliphatic heterocycles. The van der Waals surface area contributed by atoms with E-state index in [4.69, 9.17) is 15.2 Å². The molecule has 2 unspecified atom stereocenters. The molecule has 0 amide bonds. The molecule has 0 aliphatic carbocycles. The van der Waals surface area contributed by atoms with Gasteiger partial charge in [0.25, 0.3) is 0 Å². The van der Waals surface area contributed by atoms with Crippen LogP contribution in [-0.2, 0) is 23.9 Å². The molecule has 4 aliphatic rings. The smallest absolute Gasteiger partial charge is 0.416 e. The number of anilines is 2. The molecular formula is C28H34F5N5O3. The quantitative estimate of drug-likeness (QED) is 0.397. The van der Waals surface area contributed by atoms with E-state index in [9.17, 15) is 22.7 Å². The number of halogens is 5. The number of piperidine rings is 1. The number of ether oxygens (including phenoxy) is 2. The Hall–Kier alpha value is -2.77. The average molecular weight is 584 g/mol. The second-order valence-electron chi connectivity index (χ2n) is 12.1. The highest BCUT2D eigenvalue weighted by Gasteiger charge is 2.49. The summed E-state index contributed by atoms with van der Waals surface area (Å²) in [5.41, 5.74) is 2.93. The Labute approximate surface area is 234 Å². The number of nitrogens with two attached hydrogens (primary N) is 1. The summed E-state index contributed by atoms with van der Waals surface area (Å²) in [7, 11) is 0. The third kappa shape index (κ3) is 5.32. The number of fused-ring (bicyclic) bond motifs is 2. The Kier molecular flexibility index (Phi) is 7.05. The van der Waals surface area contributed by atoms with Gasteiger partial charge in [-0.3, -0.25) is 4.90 Å². The van der Waals surface area contributed by atoms with Gasteiger partial charge in [0.1, 0.15) is 18.6 Å². The Morgan fingerprint density at radius 3 is 2.73 bits per heavy atom. The van der Waals surface area contributed by atoms with Gasteiger partial charge >= 0.3 is 12.2 Å². The normalized spacial score (nSPS) is 30.4. The summed E-state index contributed by atoms with van der Waals surface area (Å²) in [6.07, 6.45) is -3.85. The minimum Gasteiger partial charge on any atom is -0.461 e. The lowest BCUT2D eigenvalue weighted by molar-refractivity contribution is -0.140. The number of hydrogen-bond donors (Lipinski definition) is 2. The molecule has 1 aromatic heterocycles. The number of hydrogen-bond acceptors (Lipinski definition) is 8. The number of benzene rings is 1. The van der Waals surface area contributed by atoms with Crippen molar-refractivity contribution in [3.8, 4) is 6.01 Å². The monoisotopic (exact) mass is 583 g/mol. The van der Waals surface area contributed by atoms with E-state index < -0.39 is 52.2 Å². The molecule has 0 radical (unpaired) electrons. The zero-order valence-corrected chi connectivity index (χ0v) is 22.8. The molecule has 3 saturated heterocycles. The van der Waals surface area contributed by atoms with Crippen molar-refractivity contribution in [2.24, 2.45) is 0 Å². The van der Waals surface area contributed by atoms with Crippen molar-refractivity contribution in [3.05, 3.63) is 40.3 Å². The molecule has 41 heavy (non-hydrogen) atoms. The SMILES string of the molecule is CC1(O)CCCN(c2nc(OC[C@@]34CCCN3C[C@H](F)C4)nc3c2COC(c2c(C(F)(F)F)ccc(N)c2F)C3)C1. The van der Waals surface area contributed by atoms with E-state index in [1.54, 1.807) is 6.92 Å². The van der Waals surface area contributed by atoms with Gasteiger partial charge in [-0.1, -0.05) is 0 Å². The predicted molar refractivity (Wildman–Crippen MR) is 140 cm³/mol. The first-order valence-electron chi connectivity index (χ1n) is 14.0. The van der Waals surface area contributed by atoms with Crippen LogP contribution >= 0.6 is 0 Å². The van der Waals surface area contributed by atoms with Gasteiger partial charge < -0.3 is 25.2 Å². The lowest BCUT2D eigenvalue weighted by Gasteiger charge is -2.39. The molecular weight excluding hydrogens is 549 g/mol. The van der Waals surface area contributed by atoms with Crippen molar-refractivity contribution >= 4 is 11.5 Å². The molecule has 3 fully saturated rings. The van der Waals surface area contributed by atoms with Crippen LogP contribution in [0.1, 0.15) is 67.5 Å². The van der Waals surface area contributed by atoms with Crippen molar-refractivity contribution in [1.29, 1.82) is 0 Å². The van der Waals surface area contributed by atoms with Gasteiger partial charge in [-0.15, -0.1) is 0 Å². The molecule has 0 bridgehead atoms. The van der Waals surface area contributed by atoms with Crippen molar-refractivity contribution in [3.63, 3.8) is 0 Å². The Morgan fingerprint density at radius 2 is 1.98 bits per heavy atom. The van der Waals surface area contributed by atoms with Gasteiger partial charge in [0, 0.05) is 43.6 Å². The van der Waals surface area contributed by atoms with E-state index in [1.165, 1.54) is 0 Å². The molecule has 3 N–H and O–H groups in total. The maximum absolute atomic E-state index is 15.1. The lowest BCUT2D eigenvalue weighted by Crippen LogP contribution is -2.47. The highest BCUT2D eigenvalue weighted by atomic mass is 19.4. The van der Waals surface area contributed by atoms with E-state index in [0.717, 1.165) is 31.5 Å². The minimum atomic E-state index is -4.82. The van der Waals surface area contributed by atoms with Crippen LogP contribution in [0.2, 0.25) is 0 Å². The van der Waals surface area contributed by atoms with Crippen molar-refractivity contribution in [2.45, 2.75) is 81.6 Å². The number of rotatable bonds is 5. The molecule has 2 aromatic rings. The van der Waals surface area contributed by atoms with Crippen molar-refractivity contribution in [1.82, 2.24) is 14.9 Å². The largest absolute Gasteiger partial charge is 0.461 e. The molecule has 4 atom stereocenters. The molecule has 0 spiro atoms. The van der Waals surface area contributed by atoms with Crippen LogP contribution in [0.15, 0.2) is 12.1 Å². The standard InChI is InChI=1S/C28H34F5N5O3/c1-26(39)6-2-8-37(14-26)24-17-13-40-21(22-18(28(31,32)33)4-5-19(34)23(22)30)10-20(17)35-25(36-24)41-15-27-7-3-9-38(27)12-16(29)11-27/h4-5,16,21,39H,2-3,6-15,34H2,1H3/t16-,21?,26?,27+/m1/s1. The number of aromatic nitrogens is 2. The van der Waals surface area contributed by atoms with Crippen LogP contribution in [0.4, 0.5) is 33.5 Å². The summed E-state index contributed by atoms with van der Waals surface area (Å²) >= 11 is 0. The molecule has 5 heterocycles. The maximum atomic E-state index is 15.1. The second-order valence-corrected chi connectivity index (χ2v) is 12.1. The summed E-state index contributed by atoms with van der Waals surface area (Å²) < 4.78 is 83.0. The fourth-order valence-electron chi connectivity index (χ4n) is 6.96. The number of β-amino-alcohol motifs (C(OH)–C–C–N with tert-alkyl or cyclic N) is 1. The van der Waals surface area contributed by atoms with Crippen LogP contribution in [0.25, 0.3) is 0 Å². The van der Waals surface area contributed by atoms with E-state index in [1.807, 2.05) is 4.90 Å². The molecule has 13 heteroatoms. The third-order valence-corrected chi connectivity index (χ3v) is 8.90. The lowest BCUT2D eigenvalue weighted by atomic mass is 9.92. The molecule has 0 saturated carbocycles. The van der Waals surface area contributed by atoms with Crippen LogP contribution in [0, 0.1) is 5.82 Å². The van der Waals surface area contributed by atoms with Gasteiger partial charge in [0.15, 0.2) is 5.82 Å². The zero-order chi connectivity index (χ0) is 29.2. The van der Waals surface area contributed by atoms with Gasteiger partial charge in [-0.05, 0) is 51.3 Å². The first-order valence-corrected chi connectivity index (χ1v) is 14.0. The van der Waals surface area contributed by atoms with Gasteiger partial charge in [0.05, 0.1) is 40.8 Å². The van der Waals surface area contributed by atoms with Crippen molar-refractivity contribution in [2.75, 3.05) is 43.4 Å². The number of nitrogens with zero attached hydrogens (tertiary/aromatic N) is 4. The van der Waals surface area contributed by atoms with Crippen LogP contribution in [-0.4, -0.2) is 70.1 Å². The van der Waals surface area contributed by atoms with E-state index in [2.05, 4.69) is 14.9 Å². The predicted octanol–water partition coefficient (Wildman–Crippen LogP) is 4.34. The summed E-state index contributed by atoms with van der Waals surface area (Å²) in [4.78, 5) is 13.2. The fourth-order valence-corrected chi connectivity index (χ4v) is 6.96. The van der Waals surface area contributed by atoms with E-state index >= 15 is 4.39 Å². The van der Waals surface area contributed by atoms with Gasteiger partial charge in [-0.2, -0.15) is 23.1 Å². The van der Waals surface area contributed by atoms with Crippen LogP contribution in [0.5, 0.6) is 6.01 Å². The number of nitrogen functional groups attached to an aromatic ring is 1. The highest BCUT2D eigenvalue weighted by Crippen LogP contribution is 2.44. The maximum Gasteiger partial charge on any atom is 0.416 e. The highest BCUT2D eigenvalue weighted by molar-refractivity contribution is 5.53. The number of aliphatic hydroxyl groups is 1. The molecule has 6 rings (SSSR count). The Balaban J connectivity index is 1.36. The minimum absolute atomic E-state index is 0.0113. The first-order chi connectivity index (χ1) is 19.4. The summed E-state index contributed by atoms with van der Waals surface area (Å²) in [6, 6.07) is 1.66. The topological polar surface area (TPSA) is 97.0 Å². The van der Waals surface area contributed by atoms with Gasteiger partial charge in [0.2, 0.25) is 0 Å². The zero-order valence-electron chi connectivity index (χ0n) is 22.8. The Morgan fingerprint density at radius 1 is 1.20 bits per heavy atom. The van der Waals surface area contributed by atoms with Crippen LogP contribution < -0.4 is 15.4 Å². The summed E-state index contributed by atoms with van der Waals surface area (Å²) in [5.74, 6) is -0.711. The Bertz CT molecular complexity index is 1320. The molecule has 1 aromatic carbocycles. The molecule has 8 nitrogen and oxygen atoms in total. The summed E-state index contributed by atoms with van der Waals surface area (Å²) in [6.45, 7) is 3.75. The first kappa shape index (κ1) is 28.4. The second kappa shape index (κ2) is 10.2. The molecule has 224 valence electrons. The van der Waals surface area contributed by atoms with E-state index in [-0.39, 0.29) is 32.2 Å². The average Bonchev–Trinajstić information content (AvgIpc) is 3.42. The fraction of sp³-hybridized carbons (Fsp3) is 0.643. The van der Waals surface area contributed by atoms with Crippen LogP contribution in [0.3, 0.4) is 0 Å². The summed E-state index contributed by atoms with van der Waals surface area (Å²) in [5, 5.41) is 10.8. The van der Waals surface area contributed by atoms with Crippen molar-refractivity contribution < 1.29 is 36.5 Å². The number of alkyl halides is 4. The third-order valence-electron chi connectivity index (χ3n) is 8.90.